The highest BCUT2D eigenvalue weighted by Crippen LogP contribution is 2.64. The first-order valence-corrected chi connectivity index (χ1v) is 16.8. The molecule has 0 aliphatic carbocycles. The van der Waals surface area contributed by atoms with E-state index in [2.05, 4.69) is 0 Å². The van der Waals surface area contributed by atoms with Crippen LogP contribution in [0.25, 0.3) is 0 Å². The molecule has 1 rings (SSSR count). The lowest BCUT2D eigenvalue weighted by molar-refractivity contribution is -0.443. The van der Waals surface area contributed by atoms with Crippen LogP contribution in [0.5, 0.6) is 0 Å². The summed E-state index contributed by atoms with van der Waals surface area (Å²) in [5.41, 5.74) is 0. The first-order valence-electron chi connectivity index (χ1n) is 16.8. The van der Waals surface area contributed by atoms with E-state index in [0.29, 0.717) is 0 Å². The van der Waals surface area contributed by atoms with Crippen LogP contribution in [0.1, 0.15) is 12.8 Å². The minimum absolute atomic E-state index is 0.222. The van der Waals surface area contributed by atoms with Crippen molar-refractivity contribution < 1.29 is 150 Å². The van der Waals surface area contributed by atoms with Gasteiger partial charge in [0.05, 0.1) is 0 Å². The molecule has 2 N–H and O–H groups in total. The number of carbonyl (C=O) groups is 2. The van der Waals surface area contributed by atoms with E-state index >= 15 is 0 Å². The molecule has 0 aromatic carbocycles. The van der Waals surface area contributed by atoms with Gasteiger partial charge < -0.3 is 20.4 Å². The van der Waals surface area contributed by atoms with Gasteiger partial charge in [0.25, 0.3) is 11.8 Å². The van der Waals surface area contributed by atoms with Gasteiger partial charge in [-0.3, -0.25) is 9.59 Å². The molecular weight excluding hydrogens is 1030 g/mol. The molecule has 0 aromatic heterocycles. The zero-order valence-corrected chi connectivity index (χ0v) is 31.0. The van der Waals surface area contributed by atoms with Crippen molar-refractivity contribution in [3.8, 4) is 0 Å². The van der Waals surface area contributed by atoms with Crippen molar-refractivity contribution in [2.75, 3.05) is 52.4 Å². The van der Waals surface area contributed by atoms with Gasteiger partial charge >= 0.3 is 95.8 Å². The Morgan fingerprint density at radius 1 is 0.348 bits per heavy atom. The number of amides is 2. The number of alkyl halides is 32. The minimum atomic E-state index is -8.74. The smallest absolute Gasteiger partial charge is 0.351 e. The lowest BCUT2D eigenvalue weighted by Crippen LogP contribution is -2.74. The van der Waals surface area contributed by atoms with Crippen LogP contribution >= 0.6 is 0 Å². The van der Waals surface area contributed by atoms with Gasteiger partial charge in [-0.25, -0.2) is 17.6 Å². The van der Waals surface area contributed by atoms with E-state index in [0.717, 1.165) is 10.6 Å². The Labute approximate surface area is 344 Å². The van der Waals surface area contributed by atoms with Gasteiger partial charge in [0, 0.05) is 39.3 Å². The first-order chi connectivity index (χ1) is 28.9. The molecule has 0 saturated carbocycles. The Balaban J connectivity index is 2.84. The average Bonchev–Trinajstić information content (AvgIpc) is 3.17. The molecule has 1 aliphatic rings. The molecule has 0 radical (unpaired) electrons. The Hall–Kier alpha value is -3.38. The van der Waals surface area contributed by atoms with Gasteiger partial charge in [-0.05, 0) is 25.9 Å². The lowest BCUT2D eigenvalue weighted by Gasteiger charge is -2.42. The van der Waals surface area contributed by atoms with Gasteiger partial charge in [0.1, 0.15) is 0 Å². The minimum Gasteiger partial charge on any atom is -0.351 e. The van der Waals surface area contributed by atoms with E-state index < -0.39 is 147 Å². The van der Waals surface area contributed by atoms with E-state index in [4.69, 9.17) is 0 Å². The molecule has 1 fully saturated rings. The van der Waals surface area contributed by atoms with Crippen molar-refractivity contribution in [1.29, 1.82) is 0 Å². The van der Waals surface area contributed by atoms with Gasteiger partial charge in [-0.1, -0.05) is 0 Å². The molecule has 1 aliphatic heterocycles. The molecule has 1 saturated heterocycles. The summed E-state index contributed by atoms with van der Waals surface area (Å²) in [6.45, 7) is -4.47. The van der Waals surface area contributed by atoms with Crippen molar-refractivity contribution in [2.45, 2.75) is 109 Å². The number of nitrogens with zero attached hydrogens (tertiary/aromatic N) is 2. The van der Waals surface area contributed by atoms with Crippen molar-refractivity contribution in [3.05, 3.63) is 0 Å². The summed E-state index contributed by atoms with van der Waals surface area (Å²) in [6.07, 6.45) is -13.6. The molecule has 1 heterocycles. The fourth-order valence-corrected chi connectivity index (χ4v) is 5.02. The van der Waals surface area contributed by atoms with Gasteiger partial charge in [0.15, 0.2) is 0 Å². The molecule has 38 heteroatoms. The summed E-state index contributed by atoms with van der Waals surface area (Å²) in [4.78, 5) is 25.6. The average molecular weight is 1060 g/mol. The molecule has 0 bridgehead atoms. The van der Waals surface area contributed by atoms with E-state index in [1.54, 1.807) is 0 Å². The molecule has 392 valence electrons. The van der Waals surface area contributed by atoms with Crippen molar-refractivity contribution in [2.24, 2.45) is 0 Å². The molecule has 0 unspecified atom stereocenters. The third-order valence-corrected chi connectivity index (χ3v) is 9.24. The molecule has 0 spiro atoms. The topological polar surface area (TPSA) is 64.7 Å². The Kier molecular flexibility index (Phi) is 17.0. The van der Waals surface area contributed by atoms with Crippen molar-refractivity contribution in [3.63, 3.8) is 0 Å². The second-order valence-electron chi connectivity index (χ2n) is 13.6. The summed E-state index contributed by atoms with van der Waals surface area (Å²) < 4.78 is 431. The number of rotatable bonds is 24. The SMILES string of the molecule is O=C(NCCCN1CCN(CCCNC(=O)C(F)(F)C(F)(F)C(F)(F)C(F)(F)C(F)(F)C(F)(F)C(F)(F)C(F)F)CC1)C(F)(F)C(F)(F)C(F)(F)C(F)(F)C(F)(F)C(F)(F)C(F)(F)C(F)F. The second kappa shape index (κ2) is 18.5. The monoisotopic (exact) mass is 1060 g/mol. The highest BCUT2D eigenvalue weighted by Gasteiger charge is 2.96. The van der Waals surface area contributed by atoms with Crippen LogP contribution in [0.4, 0.5) is 140 Å². The van der Waals surface area contributed by atoms with Crippen molar-refractivity contribution in [1.82, 2.24) is 20.4 Å². The fraction of sp³-hybridized carbons (Fsp3) is 0.929. The standard InChI is InChI=1S/C28H24F32N4O2/c29-11(30)15(33,34)19(41,42)23(49,50)27(57,58)25(53,54)21(45,46)17(37,38)13(65)61-3-1-5-63-7-9-64(10-8-63)6-2-4-62-14(66)18(39,40)22(47,48)26(55,56)28(59,60)24(51,52)20(43,44)16(35,36)12(31)32/h11-12H,1-10H2,(H,61,65)(H,62,66). The molecule has 2 amide bonds. The van der Waals surface area contributed by atoms with Crippen LogP contribution in [0, 0.1) is 0 Å². The van der Waals surface area contributed by atoms with Crippen LogP contribution in [0.2, 0.25) is 0 Å². The predicted octanol–water partition coefficient (Wildman–Crippen LogP) is 9.04. The summed E-state index contributed by atoms with van der Waals surface area (Å²) >= 11 is 0. The number of hydrogen-bond acceptors (Lipinski definition) is 4. The summed E-state index contributed by atoms with van der Waals surface area (Å²) in [5, 5.41) is 1.48. The number of nitrogens with one attached hydrogen (secondary N) is 2. The highest BCUT2D eigenvalue weighted by atomic mass is 19.4. The molecule has 66 heavy (non-hydrogen) atoms. The summed E-state index contributed by atoms with van der Waals surface area (Å²) in [5.74, 6) is -122. The van der Waals surface area contributed by atoms with E-state index in [9.17, 15) is 150 Å². The molecule has 0 atom stereocenters. The largest absolute Gasteiger partial charge is 0.392 e. The van der Waals surface area contributed by atoms with Crippen LogP contribution in [0.3, 0.4) is 0 Å². The maximum atomic E-state index is 14.1. The van der Waals surface area contributed by atoms with E-state index in [1.165, 1.54) is 9.80 Å². The van der Waals surface area contributed by atoms with Crippen LogP contribution in [0.15, 0.2) is 0 Å². The summed E-state index contributed by atoms with van der Waals surface area (Å²) in [6, 6.07) is 0. The van der Waals surface area contributed by atoms with Crippen LogP contribution in [-0.4, -0.2) is 170 Å². The van der Waals surface area contributed by atoms with Gasteiger partial charge in [0.2, 0.25) is 0 Å². The quantitative estimate of drug-likeness (QED) is 0.0749. The zero-order chi connectivity index (χ0) is 52.9. The van der Waals surface area contributed by atoms with E-state index in [1.807, 2.05) is 0 Å². The van der Waals surface area contributed by atoms with Gasteiger partial charge in [-0.2, -0.15) is 123 Å². The molecular formula is C28H24F32N4O2. The predicted molar refractivity (Wildman–Crippen MR) is 149 cm³/mol. The molecule has 6 nitrogen and oxygen atoms in total. The maximum Gasteiger partial charge on any atom is 0.392 e. The van der Waals surface area contributed by atoms with Crippen LogP contribution < -0.4 is 10.6 Å². The Bertz CT molecular complexity index is 1560. The van der Waals surface area contributed by atoms with Gasteiger partial charge in [-0.15, -0.1) is 0 Å². The summed E-state index contributed by atoms with van der Waals surface area (Å²) in [7, 11) is 0. The fourth-order valence-electron chi connectivity index (χ4n) is 5.02. The zero-order valence-electron chi connectivity index (χ0n) is 31.0. The second-order valence-corrected chi connectivity index (χ2v) is 13.6. The van der Waals surface area contributed by atoms with E-state index in [-0.39, 0.29) is 26.2 Å². The first kappa shape index (κ1) is 60.6. The van der Waals surface area contributed by atoms with Crippen molar-refractivity contribution >= 4 is 11.8 Å². The highest BCUT2D eigenvalue weighted by molar-refractivity contribution is 5.85. The number of hydrogen-bond donors (Lipinski definition) is 2. The Morgan fingerprint density at radius 3 is 0.758 bits per heavy atom. The Morgan fingerprint density at radius 2 is 0.545 bits per heavy atom. The normalized spacial score (nSPS) is 17.5. The van der Waals surface area contributed by atoms with Crippen LogP contribution in [-0.2, 0) is 9.59 Å². The molecule has 0 aromatic rings. The number of piperazine rings is 1. The number of halogens is 32. The third kappa shape index (κ3) is 9.25. The lowest BCUT2D eigenvalue weighted by atomic mass is 9.89. The number of carbonyl (C=O) groups excluding carboxylic acids is 2. The maximum absolute atomic E-state index is 14.1. The third-order valence-electron chi connectivity index (χ3n) is 9.24.